The second-order valence-corrected chi connectivity index (χ2v) is 7.56. The summed E-state index contributed by atoms with van der Waals surface area (Å²) in [6, 6.07) is 20.3. The molecule has 1 fully saturated rings. The average Bonchev–Trinajstić information content (AvgIpc) is 3.18. The first kappa shape index (κ1) is 22.8. The van der Waals surface area contributed by atoms with E-state index in [0.717, 1.165) is 35.4 Å². The second kappa shape index (κ2) is 12.1. The van der Waals surface area contributed by atoms with Crippen LogP contribution in [0.15, 0.2) is 133 Å². The Morgan fingerprint density at radius 3 is 1.41 bits per heavy atom. The highest BCUT2D eigenvalue weighted by Gasteiger charge is 2.21. The number of carbonyl (C=O) groups is 1. The first-order chi connectivity index (χ1) is 15.6. The normalized spacial score (nSPS) is 17.1. The van der Waals surface area contributed by atoms with Gasteiger partial charge in [0.2, 0.25) is 0 Å². The summed E-state index contributed by atoms with van der Waals surface area (Å²) in [5.74, 6) is 0.148. The van der Waals surface area contributed by atoms with E-state index in [4.69, 9.17) is 0 Å². The molecule has 0 aromatic heterocycles. The van der Waals surface area contributed by atoms with Crippen molar-refractivity contribution < 1.29 is 4.79 Å². The monoisotopic (exact) mass is 422 g/mol. The van der Waals surface area contributed by atoms with Gasteiger partial charge in [-0.05, 0) is 49.3 Å². The van der Waals surface area contributed by atoms with Gasteiger partial charge < -0.3 is 9.80 Å². The summed E-state index contributed by atoms with van der Waals surface area (Å²) in [4.78, 5) is 16.7. The van der Waals surface area contributed by atoms with Crippen molar-refractivity contribution in [2.45, 2.75) is 12.8 Å². The summed E-state index contributed by atoms with van der Waals surface area (Å²) < 4.78 is 0. The van der Waals surface area contributed by atoms with Crippen LogP contribution in [0, 0.1) is 0 Å². The number of anilines is 2. The molecule has 0 N–H and O–H groups in total. The number of ketones is 1. The molecular formula is C29H30N2O. The lowest BCUT2D eigenvalue weighted by atomic mass is 10.1. The van der Waals surface area contributed by atoms with Crippen LogP contribution in [0.3, 0.4) is 0 Å². The molecule has 3 heteroatoms. The van der Waals surface area contributed by atoms with E-state index >= 15 is 0 Å². The van der Waals surface area contributed by atoms with Crippen molar-refractivity contribution in [1.82, 2.24) is 0 Å². The molecule has 0 spiro atoms. The van der Waals surface area contributed by atoms with Gasteiger partial charge in [-0.25, -0.2) is 0 Å². The molecular weight excluding hydrogens is 392 g/mol. The van der Waals surface area contributed by atoms with Crippen LogP contribution >= 0.6 is 0 Å². The van der Waals surface area contributed by atoms with Crippen molar-refractivity contribution in [2.24, 2.45) is 0 Å². The summed E-state index contributed by atoms with van der Waals surface area (Å²) in [5, 5.41) is 0. The molecule has 32 heavy (non-hydrogen) atoms. The largest absolute Gasteiger partial charge is 0.351 e. The molecule has 162 valence electrons. The molecule has 0 bridgehead atoms. The van der Waals surface area contributed by atoms with E-state index in [1.54, 1.807) is 0 Å². The van der Waals surface area contributed by atoms with Crippen LogP contribution in [-0.4, -0.2) is 19.9 Å². The number of allylic oxidation sites excluding steroid dienone is 10. The highest BCUT2D eigenvalue weighted by molar-refractivity contribution is 6.11. The van der Waals surface area contributed by atoms with E-state index in [0.29, 0.717) is 0 Å². The van der Waals surface area contributed by atoms with Crippen LogP contribution in [0.1, 0.15) is 12.8 Å². The summed E-state index contributed by atoms with van der Waals surface area (Å²) >= 11 is 0. The van der Waals surface area contributed by atoms with E-state index in [2.05, 4.69) is 34.1 Å². The third kappa shape index (κ3) is 6.85. The fraction of sp³-hybridized carbons (Fsp3) is 0.138. The summed E-state index contributed by atoms with van der Waals surface area (Å²) in [6.07, 6.45) is 21.2. The van der Waals surface area contributed by atoms with E-state index in [1.807, 2.05) is 112 Å². The second-order valence-electron chi connectivity index (χ2n) is 7.56. The zero-order chi connectivity index (χ0) is 22.6. The van der Waals surface area contributed by atoms with E-state index in [9.17, 15) is 4.79 Å². The van der Waals surface area contributed by atoms with Crippen LogP contribution < -0.4 is 9.80 Å². The number of nitrogens with zero attached hydrogens (tertiary/aromatic N) is 2. The Bertz CT molecular complexity index is 971. The van der Waals surface area contributed by atoms with Crippen molar-refractivity contribution in [3.63, 3.8) is 0 Å². The van der Waals surface area contributed by atoms with E-state index < -0.39 is 0 Å². The maximum Gasteiger partial charge on any atom is 0.185 e. The van der Waals surface area contributed by atoms with Gasteiger partial charge in [0.1, 0.15) is 0 Å². The average molecular weight is 423 g/mol. The van der Waals surface area contributed by atoms with Crippen molar-refractivity contribution in [1.29, 1.82) is 0 Å². The van der Waals surface area contributed by atoms with Crippen LogP contribution in [0.5, 0.6) is 0 Å². The highest BCUT2D eigenvalue weighted by Crippen LogP contribution is 2.26. The summed E-state index contributed by atoms with van der Waals surface area (Å²) in [6.45, 7) is 0. The molecule has 0 aliphatic heterocycles. The van der Waals surface area contributed by atoms with Crippen LogP contribution in [-0.2, 0) is 4.79 Å². The van der Waals surface area contributed by atoms with E-state index in [-0.39, 0.29) is 5.78 Å². The van der Waals surface area contributed by atoms with Gasteiger partial charge in [-0.1, -0.05) is 72.9 Å². The fourth-order valence-corrected chi connectivity index (χ4v) is 3.35. The smallest absolute Gasteiger partial charge is 0.185 e. The minimum Gasteiger partial charge on any atom is -0.351 e. The van der Waals surface area contributed by atoms with E-state index in [1.165, 1.54) is 0 Å². The molecule has 2 aromatic carbocycles. The highest BCUT2D eigenvalue weighted by atomic mass is 16.1. The van der Waals surface area contributed by atoms with Gasteiger partial charge >= 0.3 is 0 Å². The van der Waals surface area contributed by atoms with Crippen LogP contribution in [0.2, 0.25) is 0 Å². The Labute approximate surface area is 191 Å². The number of hydrogen-bond acceptors (Lipinski definition) is 3. The first-order valence-corrected chi connectivity index (χ1v) is 10.8. The minimum absolute atomic E-state index is 0.148. The van der Waals surface area contributed by atoms with Gasteiger partial charge in [0.05, 0.1) is 0 Å². The van der Waals surface area contributed by atoms with Crippen molar-refractivity contribution >= 4 is 17.2 Å². The predicted octanol–water partition coefficient (Wildman–Crippen LogP) is 6.61. The van der Waals surface area contributed by atoms with Gasteiger partial charge in [-0.15, -0.1) is 0 Å². The Balaban J connectivity index is 1.49. The zero-order valence-corrected chi connectivity index (χ0v) is 18.8. The third-order valence-electron chi connectivity index (χ3n) is 5.23. The van der Waals surface area contributed by atoms with Gasteiger partial charge in [-0.2, -0.15) is 0 Å². The number of rotatable bonds is 8. The lowest BCUT2D eigenvalue weighted by Crippen LogP contribution is -2.06. The maximum atomic E-state index is 12.6. The first-order valence-electron chi connectivity index (χ1n) is 10.8. The molecule has 0 heterocycles. The fourth-order valence-electron chi connectivity index (χ4n) is 3.35. The van der Waals surface area contributed by atoms with Crippen molar-refractivity contribution in [3.8, 4) is 0 Å². The zero-order valence-electron chi connectivity index (χ0n) is 18.8. The third-order valence-corrected chi connectivity index (χ3v) is 5.23. The molecule has 1 aliphatic carbocycles. The Morgan fingerprint density at radius 2 is 1.00 bits per heavy atom. The molecule has 0 amide bonds. The SMILES string of the molecule is CN(/C=C/C=C/C=C1\CC\C(=C/C=C/C=C/N(C)c2ccccc2)C1=O)c1ccccc1. The molecule has 1 saturated carbocycles. The summed E-state index contributed by atoms with van der Waals surface area (Å²) in [7, 11) is 4.02. The van der Waals surface area contributed by atoms with Crippen molar-refractivity contribution in [3.05, 3.63) is 133 Å². The van der Waals surface area contributed by atoms with Gasteiger partial charge in [-0.3, -0.25) is 4.79 Å². The standard InChI is InChI=1S/C29H30N2O/c1-30(27-17-9-3-10-18-27)23-13-5-7-15-25-21-22-26(29(25)32)16-8-6-14-24-31(2)28-19-11-4-12-20-28/h3-20,23-24H,21-22H2,1-2H3/b7-5+,8-6+,23-13+,24-14+,25-15+,26-16+. The Hall–Kier alpha value is -3.85. The molecule has 3 nitrogen and oxygen atoms in total. The topological polar surface area (TPSA) is 23.6 Å². The number of carbonyl (C=O) groups excluding carboxylic acids is 1. The van der Waals surface area contributed by atoms with Gasteiger partial charge in [0.25, 0.3) is 0 Å². The number of Topliss-reactive ketones (excluding diaryl/α,β-unsaturated/α-hetero) is 1. The number of para-hydroxylation sites is 2. The summed E-state index contributed by atoms with van der Waals surface area (Å²) in [5.41, 5.74) is 3.99. The lowest BCUT2D eigenvalue weighted by molar-refractivity contribution is -0.111. The molecule has 0 unspecified atom stereocenters. The number of hydrogen-bond donors (Lipinski definition) is 0. The molecule has 1 aliphatic rings. The lowest BCUT2D eigenvalue weighted by Gasteiger charge is -2.12. The predicted molar refractivity (Wildman–Crippen MR) is 137 cm³/mol. The Kier molecular flexibility index (Phi) is 8.64. The quantitative estimate of drug-likeness (QED) is 0.353. The molecule has 3 rings (SSSR count). The number of benzene rings is 2. The minimum atomic E-state index is 0.148. The molecule has 0 radical (unpaired) electrons. The van der Waals surface area contributed by atoms with Crippen molar-refractivity contribution in [2.75, 3.05) is 23.9 Å². The van der Waals surface area contributed by atoms with Crippen LogP contribution in [0.25, 0.3) is 0 Å². The maximum absolute atomic E-state index is 12.6. The van der Waals surface area contributed by atoms with Gasteiger partial charge in [0, 0.05) is 49.0 Å². The molecule has 2 aromatic rings. The van der Waals surface area contributed by atoms with Gasteiger partial charge in [0.15, 0.2) is 5.78 Å². The molecule has 0 saturated heterocycles. The molecule has 0 atom stereocenters. The Morgan fingerprint density at radius 1 is 0.594 bits per heavy atom. The van der Waals surface area contributed by atoms with Crippen LogP contribution in [0.4, 0.5) is 11.4 Å².